The molecule has 7 nitrogen and oxygen atoms in total. The third-order valence-corrected chi connectivity index (χ3v) is 4.33. The molecule has 28 heavy (non-hydrogen) atoms. The monoisotopic (exact) mass is 379 g/mol. The number of methoxy groups -OCH3 is 1. The maximum atomic E-state index is 12.0. The van der Waals surface area contributed by atoms with E-state index in [2.05, 4.69) is 10.5 Å². The number of carbonyl (C=O) groups excluding carboxylic acids is 2. The van der Waals surface area contributed by atoms with Gasteiger partial charge in [0.05, 0.1) is 18.9 Å². The molecule has 0 saturated carbocycles. The minimum Gasteiger partial charge on any atom is -0.465 e. The zero-order valence-corrected chi connectivity index (χ0v) is 16.1. The van der Waals surface area contributed by atoms with Crippen molar-refractivity contribution in [1.82, 2.24) is 9.99 Å². The fourth-order valence-electron chi connectivity index (χ4n) is 2.98. The number of aryl methyl sites for hydroxylation is 2. The van der Waals surface area contributed by atoms with Crippen LogP contribution in [-0.4, -0.2) is 29.8 Å². The Morgan fingerprint density at radius 1 is 1.14 bits per heavy atom. The van der Waals surface area contributed by atoms with Gasteiger partial charge >= 0.3 is 11.9 Å². The molecule has 0 aliphatic rings. The van der Waals surface area contributed by atoms with E-state index < -0.39 is 5.91 Å². The van der Waals surface area contributed by atoms with Crippen LogP contribution in [0.1, 0.15) is 43.6 Å². The van der Waals surface area contributed by atoms with Gasteiger partial charge < -0.3 is 13.7 Å². The van der Waals surface area contributed by atoms with Gasteiger partial charge in [-0.3, -0.25) is 4.79 Å². The molecule has 0 atom stereocenters. The molecule has 0 unspecified atom stereocenters. The van der Waals surface area contributed by atoms with Gasteiger partial charge in [-0.25, -0.2) is 10.2 Å². The molecule has 0 spiro atoms. The first-order valence-electron chi connectivity index (χ1n) is 8.68. The Bertz CT molecular complexity index is 1060. The van der Waals surface area contributed by atoms with E-state index in [0.29, 0.717) is 11.3 Å². The number of nitrogens with zero attached hydrogens (tertiary/aromatic N) is 2. The van der Waals surface area contributed by atoms with Crippen LogP contribution in [0.15, 0.2) is 52.0 Å². The van der Waals surface area contributed by atoms with Crippen LogP contribution in [0.4, 0.5) is 0 Å². The average Bonchev–Trinajstić information content (AvgIpc) is 3.24. The number of amides is 1. The number of hydrogen-bond donors (Lipinski definition) is 1. The molecule has 0 aliphatic heterocycles. The average molecular weight is 379 g/mol. The van der Waals surface area contributed by atoms with E-state index in [1.807, 2.05) is 30.5 Å². The highest BCUT2D eigenvalue weighted by molar-refractivity contribution is 5.92. The third-order valence-electron chi connectivity index (χ3n) is 4.33. The van der Waals surface area contributed by atoms with E-state index in [4.69, 9.17) is 9.15 Å². The highest BCUT2D eigenvalue weighted by Gasteiger charge is 2.13. The van der Waals surface area contributed by atoms with Gasteiger partial charge in [0.15, 0.2) is 5.76 Å². The normalized spacial score (nSPS) is 11.0. The standard InChI is InChI=1S/C21H21N3O4/c1-13-10-17(12-22-23-20(25)19-9-8-14(2)28-19)15(3)24(13)18-7-5-6-16(11-18)21(26)27-4/h5-12H,1-4H3,(H,23,25)/b22-12-. The lowest BCUT2D eigenvalue weighted by atomic mass is 10.2. The maximum Gasteiger partial charge on any atom is 0.337 e. The lowest BCUT2D eigenvalue weighted by Crippen LogP contribution is -2.16. The maximum absolute atomic E-state index is 12.0. The van der Waals surface area contributed by atoms with Crippen molar-refractivity contribution in [2.24, 2.45) is 5.10 Å². The Morgan fingerprint density at radius 3 is 2.61 bits per heavy atom. The van der Waals surface area contributed by atoms with Gasteiger partial charge in [0.2, 0.25) is 0 Å². The Kier molecular flexibility index (Phi) is 5.44. The van der Waals surface area contributed by atoms with Gasteiger partial charge in [-0.15, -0.1) is 0 Å². The molecule has 3 aromatic rings. The SMILES string of the molecule is COC(=O)c1cccc(-n2c(C)cc(/C=N\NC(=O)c3ccc(C)o3)c2C)c1. The van der Waals surface area contributed by atoms with Gasteiger partial charge in [0.25, 0.3) is 0 Å². The zero-order valence-electron chi connectivity index (χ0n) is 16.1. The summed E-state index contributed by atoms with van der Waals surface area (Å²) in [5.74, 6) is 0.0671. The van der Waals surface area contributed by atoms with Crippen LogP contribution in [0.3, 0.4) is 0 Å². The number of furan rings is 1. The van der Waals surface area contributed by atoms with Gasteiger partial charge in [0.1, 0.15) is 5.76 Å². The summed E-state index contributed by atoms with van der Waals surface area (Å²) >= 11 is 0. The topological polar surface area (TPSA) is 85.8 Å². The van der Waals surface area contributed by atoms with E-state index >= 15 is 0 Å². The van der Waals surface area contributed by atoms with E-state index in [-0.39, 0.29) is 11.7 Å². The lowest BCUT2D eigenvalue weighted by molar-refractivity contribution is 0.0600. The summed E-state index contributed by atoms with van der Waals surface area (Å²) in [5, 5.41) is 4.02. The number of nitrogens with one attached hydrogen (secondary N) is 1. The third kappa shape index (κ3) is 3.88. The predicted molar refractivity (Wildman–Crippen MR) is 105 cm³/mol. The number of hydrazone groups is 1. The fraction of sp³-hybridized carbons (Fsp3) is 0.190. The molecule has 0 saturated heterocycles. The molecule has 0 radical (unpaired) electrons. The molecular formula is C21H21N3O4. The summed E-state index contributed by atoms with van der Waals surface area (Å²) in [6.07, 6.45) is 1.58. The van der Waals surface area contributed by atoms with Crippen LogP contribution in [0, 0.1) is 20.8 Å². The highest BCUT2D eigenvalue weighted by Crippen LogP contribution is 2.21. The summed E-state index contributed by atoms with van der Waals surface area (Å²) in [6.45, 7) is 5.67. The van der Waals surface area contributed by atoms with Crippen molar-refractivity contribution in [3.05, 3.63) is 76.5 Å². The van der Waals surface area contributed by atoms with Gasteiger partial charge in [-0.1, -0.05) is 6.07 Å². The second kappa shape index (κ2) is 7.96. The number of ether oxygens (including phenoxy) is 1. The Labute approximate surface area is 162 Å². The van der Waals surface area contributed by atoms with Gasteiger partial charge in [-0.2, -0.15) is 5.10 Å². The predicted octanol–water partition coefficient (Wildman–Crippen LogP) is 3.55. The van der Waals surface area contributed by atoms with E-state index in [0.717, 1.165) is 22.6 Å². The first-order valence-corrected chi connectivity index (χ1v) is 8.68. The number of benzene rings is 1. The largest absolute Gasteiger partial charge is 0.465 e. The van der Waals surface area contributed by atoms with Crippen molar-refractivity contribution in [2.45, 2.75) is 20.8 Å². The number of esters is 1. The molecule has 1 N–H and O–H groups in total. The van der Waals surface area contributed by atoms with E-state index in [1.54, 1.807) is 43.5 Å². The van der Waals surface area contributed by atoms with Crippen LogP contribution in [0.25, 0.3) is 5.69 Å². The van der Waals surface area contributed by atoms with E-state index in [1.165, 1.54) is 7.11 Å². The Morgan fingerprint density at radius 2 is 1.93 bits per heavy atom. The molecule has 3 rings (SSSR count). The molecule has 7 heteroatoms. The quantitative estimate of drug-likeness (QED) is 0.417. The first kappa shape index (κ1) is 19.2. The Hall–Kier alpha value is -3.61. The molecule has 2 aromatic heterocycles. The van der Waals surface area contributed by atoms with Crippen molar-refractivity contribution in [3.8, 4) is 5.69 Å². The molecular weight excluding hydrogens is 358 g/mol. The van der Waals surface area contributed by atoms with Gasteiger partial charge in [-0.05, 0) is 57.2 Å². The molecule has 2 heterocycles. The second-order valence-corrected chi connectivity index (χ2v) is 6.31. The van der Waals surface area contributed by atoms with Gasteiger partial charge in [0, 0.05) is 22.6 Å². The molecule has 0 fully saturated rings. The number of aromatic nitrogens is 1. The molecule has 144 valence electrons. The molecule has 1 amide bonds. The minimum atomic E-state index is -0.413. The number of hydrogen-bond acceptors (Lipinski definition) is 5. The number of carbonyl (C=O) groups is 2. The summed E-state index contributed by atoms with van der Waals surface area (Å²) in [4.78, 5) is 23.8. The van der Waals surface area contributed by atoms with Crippen LogP contribution in [0.2, 0.25) is 0 Å². The van der Waals surface area contributed by atoms with Crippen LogP contribution in [0.5, 0.6) is 0 Å². The van der Waals surface area contributed by atoms with Crippen molar-refractivity contribution in [3.63, 3.8) is 0 Å². The second-order valence-electron chi connectivity index (χ2n) is 6.31. The highest BCUT2D eigenvalue weighted by atomic mass is 16.5. The molecule has 0 bridgehead atoms. The van der Waals surface area contributed by atoms with E-state index in [9.17, 15) is 9.59 Å². The van der Waals surface area contributed by atoms with Crippen LogP contribution in [-0.2, 0) is 4.74 Å². The lowest BCUT2D eigenvalue weighted by Gasteiger charge is -2.10. The summed E-state index contributed by atoms with van der Waals surface area (Å²) in [6, 6.07) is 12.5. The van der Waals surface area contributed by atoms with Crippen molar-refractivity contribution >= 4 is 18.1 Å². The smallest absolute Gasteiger partial charge is 0.337 e. The summed E-state index contributed by atoms with van der Waals surface area (Å²) in [5.41, 5.74) is 6.50. The van der Waals surface area contributed by atoms with Crippen molar-refractivity contribution in [1.29, 1.82) is 0 Å². The molecule has 1 aromatic carbocycles. The first-order chi connectivity index (χ1) is 13.4. The Balaban J connectivity index is 1.82. The fourth-order valence-corrected chi connectivity index (χ4v) is 2.98. The summed E-state index contributed by atoms with van der Waals surface area (Å²) in [7, 11) is 1.36. The van der Waals surface area contributed by atoms with Crippen molar-refractivity contribution in [2.75, 3.05) is 7.11 Å². The van der Waals surface area contributed by atoms with Crippen LogP contribution < -0.4 is 5.43 Å². The minimum absolute atomic E-state index is 0.208. The molecule has 0 aliphatic carbocycles. The summed E-state index contributed by atoms with van der Waals surface area (Å²) < 4.78 is 12.1. The van der Waals surface area contributed by atoms with Crippen molar-refractivity contribution < 1.29 is 18.7 Å². The zero-order chi connectivity index (χ0) is 20.3. The number of rotatable bonds is 5. The van der Waals surface area contributed by atoms with Crippen LogP contribution >= 0.6 is 0 Å².